The number of piperidine rings is 1. The highest BCUT2D eigenvalue weighted by atomic mass is 35.5. The number of aromatic amines is 1. The van der Waals surface area contributed by atoms with Crippen molar-refractivity contribution in [2.75, 3.05) is 13.2 Å². The average molecular weight is 515 g/mol. The van der Waals surface area contributed by atoms with E-state index in [9.17, 15) is 14.4 Å². The molecule has 0 radical (unpaired) electrons. The molecule has 182 valence electrons. The van der Waals surface area contributed by atoms with Gasteiger partial charge in [0.2, 0.25) is 17.7 Å². The summed E-state index contributed by atoms with van der Waals surface area (Å²) >= 11 is 13.0. The number of ether oxygens (including phenoxy) is 1. The lowest BCUT2D eigenvalue weighted by atomic mass is 9.73. The Hall–Kier alpha value is -2.94. The number of H-pyrrole nitrogens is 1. The Morgan fingerprint density at radius 3 is 2.60 bits per heavy atom. The smallest absolute Gasteiger partial charge is 0.234 e. The summed E-state index contributed by atoms with van der Waals surface area (Å²) in [4.78, 5) is 37.4. The molecule has 2 aliphatic heterocycles. The maximum atomic E-state index is 13.6. The molecule has 0 spiro atoms. The van der Waals surface area contributed by atoms with Crippen LogP contribution in [0.15, 0.2) is 36.5 Å². The second-order valence-corrected chi connectivity index (χ2v) is 9.84. The van der Waals surface area contributed by atoms with Gasteiger partial charge in [-0.3, -0.25) is 24.8 Å². The van der Waals surface area contributed by atoms with E-state index in [2.05, 4.69) is 20.8 Å². The minimum Gasteiger partial charge on any atom is -0.381 e. The van der Waals surface area contributed by atoms with Crippen molar-refractivity contribution >= 4 is 51.8 Å². The lowest BCUT2D eigenvalue weighted by Crippen LogP contribution is -2.47. The molecular formula is C25H24Cl2N4O4. The van der Waals surface area contributed by atoms with Gasteiger partial charge in [0.25, 0.3) is 0 Å². The highest BCUT2D eigenvalue weighted by Crippen LogP contribution is 2.38. The summed E-state index contributed by atoms with van der Waals surface area (Å²) < 4.78 is 5.56. The standard InChI is InChI=1S/C25H24Cl2N4O4/c26-18-9-14(10-19(27)22(18)17-2-4-21(32)30-23(17)33)12-28-24(34)25(5-7-35-8-6-25)16-1-3-20-15(11-16)13-29-31-20/h1,3,9-11,13,17H,2,4-8,12H2,(H,28,34)(H,29,31)(H,30,32,33). The summed E-state index contributed by atoms with van der Waals surface area (Å²) in [5.74, 6) is -1.38. The van der Waals surface area contributed by atoms with E-state index in [0.717, 1.165) is 22.0 Å². The van der Waals surface area contributed by atoms with Crippen molar-refractivity contribution in [2.24, 2.45) is 0 Å². The van der Waals surface area contributed by atoms with E-state index in [1.807, 2.05) is 18.2 Å². The molecule has 2 fully saturated rings. The van der Waals surface area contributed by atoms with E-state index in [0.29, 0.717) is 48.1 Å². The molecule has 3 N–H and O–H groups in total. The van der Waals surface area contributed by atoms with Crippen LogP contribution in [-0.4, -0.2) is 41.1 Å². The number of aromatic nitrogens is 2. The summed E-state index contributed by atoms with van der Waals surface area (Å²) in [6.45, 7) is 1.22. The number of carbonyl (C=O) groups is 3. The lowest BCUT2D eigenvalue weighted by molar-refractivity contribution is -0.134. The van der Waals surface area contributed by atoms with E-state index in [4.69, 9.17) is 27.9 Å². The SMILES string of the molecule is O=C1CCC(c2c(Cl)cc(CNC(=O)C3(c4ccc5[nH]ncc5c4)CCOCC3)cc2Cl)C(=O)N1. The molecule has 3 heterocycles. The number of nitrogens with zero attached hydrogens (tertiary/aromatic N) is 1. The van der Waals surface area contributed by atoms with Crippen molar-refractivity contribution in [3.8, 4) is 0 Å². The zero-order valence-electron chi connectivity index (χ0n) is 18.8. The maximum absolute atomic E-state index is 13.6. The molecule has 8 nitrogen and oxygen atoms in total. The van der Waals surface area contributed by atoms with Crippen molar-refractivity contribution in [1.82, 2.24) is 20.8 Å². The molecule has 1 unspecified atom stereocenters. The van der Waals surface area contributed by atoms with E-state index >= 15 is 0 Å². The number of halogens is 2. The van der Waals surface area contributed by atoms with Crippen LogP contribution in [-0.2, 0) is 31.1 Å². The van der Waals surface area contributed by atoms with Crippen molar-refractivity contribution < 1.29 is 19.1 Å². The van der Waals surface area contributed by atoms with Gasteiger partial charge in [0, 0.05) is 47.2 Å². The van der Waals surface area contributed by atoms with E-state index in [1.54, 1.807) is 18.3 Å². The van der Waals surface area contributed by atoms with Crippen LogP contribution in [0.4, 0.5) is 0 Å². The third-order valence-corrected chi connectivity index (χ3v) is 7.58. The highest BCUT2D eigenvalue weighted by Gasteiger charge is 2.42. The van der Waals surface area contributed by atoms with Gasteiger partial charge < -0.3 is 10.1 Å². The van der Waals surface area contributed by atoms with Crippen molar-refractivity contribution in [2.45, 2.75) is 43.6 Å². The van der Waals surface area contributed by atoms with Crippen LogP contribution in [0.3, 0.4) is 0 Å². The van der Waals surface area contributed by atoms with Crippen LogP contribution in [0.1, 0.15) is 48.3 Å². The Balaban J connectivity index is 1.36. The Bertz CT molecular complexity index is 1290. The summed E-state index contributed by atoms with van der Waals surface area (Å²) in [7, 11) is 0. The number of rotatable bonds is 5. The number of fused-ring (bicyclic) bond motifs is 1. The topological polar surface area (TPSA) is 113 Å². The molecule has 10 heteroatoms. The molecule has 3 amide bonds. The maximum Gasteiger partial charge on any atom is 0.234 e. The number of imide groups is 1. The normalized spacial score (nSPS) is 20.0. The summed E-state index contributed by atoms with van der Waals surface area (Å²) in [6, 6.07) is 9.33. The largest absolute Gasteiger partial charge is 0.381 e. The van der Waals surface area contributed by atoms with Crippen LogP contribution in [0.2, 0.25) is 10.0 Å². The molecule has 5 rings (SSSR count). The number of nitrogens with one attached hydrogen (secondary N) is 3. The van der Waals surface area contributed by atoms with Gasteiger partial charge in [-0.1, -0.05) is 29.3 Å². The fraction of sp³-hybridized carbons (Fsp3) is 0.360. The van der Waals surface area contributed by atoms with Crippen molar-refractivity contribution in [3.05, 3.63) is 63.3 Å². The summed E-state index contributed by atoms with van der Waals surface area (Å²) in [6.07, 6.45) is 3.47. The quantitative estimate of drug-likeness (QED) is 0.448. The van der Waals surface area contributed by atoms with Crippen LogP contribution in [0.5, 0.6) is 0 Å². The van der Waals surface area contributed by atoms with Crippen molar-refractivity contribution in [1.29, 1.82) is 0 Å². The molecule has 1 atom stereocenters. The van der Waals surface area contributed by atoms with Crippen LogP contribution in [0.25, 0.3) is 10.9 Å². The third kappa shape index (κ3) is 4.53. The second kappa shape index (κ2) is 9.60. The molecule has 35 heavy (non-hydrogen) atoms. The average Bonchev–Trinajstić information content (AvgIpc) is 3.32. The molecular weight excluding hydrogens is 491 g/mol. The summed E-state index contributed by atoms with van der Waals surface area (Å²) in [5, 5.41) is 14.0. The molecule has 2 aromatic carbocycles. The van der Waals surface area contributed by atoms with Gasteiger partial charge in [-0.05, 0) is 54.7 Å². The van der Waals surface area contributed by atoms with Gasteiger partial charge in [0.05, 0.1) is 23.0 Å². The number of benzene rings is 2. The Morgan fingerprint density at radius 2 is 1.89 bits per heavy atom. The minimum absolute atomic E-state index is 0.0925. The van der Waals surface area contributed by atoms with E-state index < -0.39 is 17.2 Å². The Labute approximate surface area is 211 Å². The number of hydrogen-bond donors (Lipinski definition) is 3. The first-order valence-electron chi connectivity index (χ1n) is 11.5. The number of hydrogen-bond acceptors (Lipinski definition) is 5. The molecule has 2 aliphatic rings. The molecule has 0 aliphatic carbocycles. The number of amides is 3. The predicted octanol–water partition coefficient (Wildman–Crippen LogP) is 3.75. The van der Waals surface area contributed by atoms with Gasteiger partial charge >= 0.3 is 0 Å². The fourth-order valence-electron chi connectivity index (χ4n) is 5.00. The predicted molar refractivity (Wildman–Crippen MR) is 131 cm³/mol. The molecule has 3 aromatic rings. The molecule has 0 saturated carbocycles. The van der Waals surface area contributed by atoms with Crippen LogP contribution in [0, 0.1) is 0 Å². The van der Waals surface area contributed by atoms with Gasteiger partial charge in [0.1, 0.15) is 0 Å². The van der Waals surface area contributed by atoms with E-state index in [1.165, 1.54) is 0 Å². The fourth-order valence-corrected chi connectivity index (χ4v) is 5.80. The van der Waals surface area contributed by atoms with Gasteiger partial charge in [-0.2, -0.15) is 5.10 Å². The van der Waals surface area contributed by atoms with Gasteiger partial charge in [-0.15, -0.1) is 0 Å². The monoisotopic (exact) mass is 514 g/mol. The highest BCUT2D eigenvalue weighted by molar-refractivity contribution is 6.36. The van der Waals surface area contributed by atoms with Crippen LogP contribution < -0.4 is 10.6 Å². The van der Waals surface area contributed by atoms with Crippen molar-refractivity contribution in [3.63, 3.8) is 0 Å². The molecule has 2 saturated heterocycles. The first-order valence-corrected chi connectivity index (χ1v) is 12.2. The van der Waals surface area contributed by atoms with Crippen LogP contribution >= 0.6 is 23.2 Å². The number of carbonyl (C=O) groups excluding carboxylic acids is 3. The van der Waals surface area contributed by atoms with E-state index in [-0.39, 0.29) is 24.8 Å². The van der Waals surface area contributed by atoms with Gasteiger partial charge in [0.15, 0.2) is 0 Å². The zero-order valence-corrected chi connectivity index (χ0v) is 20.3. The Kier molecular flexibility index (Phi) is 6.53. The summed E-state index contributed by atoms with van der Waals surface area (Å²) in [5.41, 5.74) is 2.34. The minimum atomic E-state index is -0.718. The molecule has 0 bridgehead atoms. The molecule has 1 aromatic heterocycles. The lowest BCUT2D eigenvalue weighted by Gasteiger charge is -2.36. The zero-order chi connectivity index (χ0) is 24.6. The second-order valence-electron chi connectivity index (χ2n) is 9.03. The first kappa shape index (κ1) is 23.8. The first-order chi connectivity index (χ1) is 16.9. The van der Waals surface area contributed by atoms with Gasteiger partial charge in [-0.25, -0.2) is 0 Å². The third-order valence-electron chi connectivity index (χ3n) is 6.95. The Morgan fingerprint density at radius 1 is 1.14 bits per heavy atom.